The van der Waals surface area contributed by atoms with Gasteiger partial charge in [0.25, 0.3) is 11.3 Å². The van der Waals surface area contributed by atoms with Crippen LogP contribution in [0.3, 0.4) is 0 Å². The van der Waals surface area contributed by atoms with Crippen molar-refractivity contribution in [3.63, 3.8) is 0 Å². The predicted octanol–water partition coefficient (Wildman–Crippen LogP) is 3.32. The summed E-state index contributed by atoms with van der Waals surface area (Å²) in [4.78, 5) is 22.4. The Morgan fingerprint density at radius 3 is 2.81 bits per heavy atom. The molecule has 4 rings (SSSR count). The van der Waals surface area contributed by atoms with E-state index in [4.69, 9.17) is 0 Å². The molecule has 1 aromatic carbocycles. The van der Waals surface area contributed by atoms with E-state index in [1.54, 1.807) is 11.3 Å². The maximum absolute atomic E-state index is 12.4. The van der Waals surface area contributed by atoms with Gasteiger partial charge >= 0.3 is 0 Å². The average molecular weight is 380 g/mol. The number of thiophene rings is 1. The molecule has 27 heavy (non-hydrogen) atoms. The zero-order valence-corrected chi connectivity index (χ0v) is 15.9. The van der Waals surface area contributed by atoms with E-state index in [9.17, 15) is 4.79 Å². The van der Waals surface area contributed by atoms with Gasteiger partial charge in [-0.25, -0.2) is 4.98 Å². The summed E-state index contributed by atoms with van der Waals surface area (Å²) in [6.45, 7) is 5.25. The number of nitrogens with zero attached hydrogens (tertiary/aromatic N) is 3. The van der Waals surface area contributed by atoms with Gasteiger partial charge in [-0.05, 0) is 42.5 Å². The SMILES string of the molecule is Cc1cccc(NCc2cc(=O)n3[nH]c(NCc4cccs4)nc3n2)c1C. The average Bonchev–Trinajstić information content (AvgIpc) is 3.30. The van der Waals surface area contributed by atoms with Gasteiger partial charge in [-0.3, -0.25) is 9.89 Å². The van der Waals surface area contributed by atoms with E-state index in [1.165, 1.54) is 26.6 Å². The quantitative estimate of drug-likeness (QED) is 0.478. The molecule has 0 radical (unpaired) electrons. The third-order valence-corrected chi connectivity index (χ3v) is 5.33. The van der Waals surface area contributed by atoms with Crippen LogP contribution in [-0.2, 0) is 13.1 Å². The lowest BCUT2D eigenvalue weighted by atomic mass is 10.1. The van der Waals surface area contributed by atoms with Crippen LogP contribution < -0.4 is 16.2 Å². The van der Waals surface area contributed by atoms with Gasteiger partial charge in [0.1, 0.15) is 0 Å². The molecule has 0 aliphatic heterocycles. The number of aromatic amines is 1. The summed E-state index contributed by atoms with van der Waals surface area (Å²) in [6, 6.07) is 11.7. The Morgan fingerprint density at radius 1 is 1.11 bits per heavy atom. The molecular formula is C19H20N6OS. The van der Waals surface area contributed by atoms with Crippen LogP contribution in [0.2, 0.25) is 0 Å². The smallest absolute Gasteiger partial charge is 0.274 e. The highest BCUT2D eigenvalue weighted by Crippen LogP contribution is 2.18. The zero-order valence-electron chi connectivity index (χ0n) is 15.1. The Hall–Kier alpha value is -3.13. The number of rotatable bonds is 6. The van der Waals surface area contributed by atoms with Crippen LogP contribution in [0.25, 0.3) is 5.78 Å². The summed E-state index contributed by atoms with van der Waals surface area (Å²) in [5.41, 5.74) is 3.91. The van der Waals surface area contributed by atoms with Crippen molar-refractivity contribution < 1.29 is 0 Å². The summed E-state index contributed by atoms with van der Waals surface area (Å²) in [5.74, 6) is 0.876. The van der Waals surface area contributed by atoms with Gasteiger partial charge < -0.3 is 10.6 Å². The minimum absolute atomic E-state index is 0.186. The summed E-state index contributed by atoms with van der Waals surface area (Å²) in [5, 5.41) is 11.5. The molecule has 0 aliphatic carbocycles. The molecule has 0 saturated heterocycles. The monoisotopic (exact) mass is 380 g/mol. The van der Waals surface area contributed by atoms with E-state index in [0.717, 1.165) is 5.69 Å². The van der Waals surface area contributed by atoms with Gasteiger partial charge in [0.15, 0.2) is 0 Å². The molecule has 3 heterocycles. The van der Waals surface area contributed by atoms with Crippen molar-refractivity contribution in [2.75, 3.05) is 10.6 Å². The first-order valence-corrected chi connectivity index (χ1v) is 9.53. The number of fused-ring (bicyclic) bond motifs is 1. The molecule has 0 fully saturated rings. The second-order valence-corrected chi connectivity index (χ2v) is 7.36. The van der Waals surface area contributed by atoms with Crippen molar-refractivity contribution in [1.82, 2.24) is 19.6 Å². The summed E-state index contributed by atoms with van der Waals surface area (Å²) in [7, 11) is 0. The highest BCUT2D eigenvalue weighted by Gasteiger charge is 2.09. The van der Waals surface area contributed by atoms with E-state index < -0.39 is 0 Å². The Kier molecular flexibility index (Phi) is 4.64. The number of hydrogen-bond acceptors (Lipinski definition) is 6. The molecule has 0 aliphatic rings. The molecule has 138 valence electrons. The maximum atomic E-state index is 12.4. The molecule has 3 N–H and O–H groups in total. The zero-order chi connectivity index (χ0) is 18.8. The molecule has 0 bridgehead atoms. The van der Waals surface area contributed by atoms with Crippen molar-refractivity contribution in [1.29, 1.82) is 0 Å². The van der Waals surface area contributed by atoms with Crippen LogP contribution in [0.15, 0.2) is 46.6 Å². The van der Waals surface area contributed by atoms with Gasteiger partial charge in [0.05, 0.1) is 18.8 Å². The van der Waals surface area contributed by atoms with Crippen molar-refractivity contribution in [2.45, 2.75) is 26.9 Å². The number of anilines is 2. The first-order chi connectivity index (χ1) is 13.1. The Labute approximate surface area is 160 Å². The van der Waals surface area contributed by atoms with Crippen LogP contribution in [0.1, 0.15) is 21.7 Å². The second kappa shape index (κ2) is 7.24. The standard InChI is InChI=1S/C19H20N6OS/c1-12-5-3-7-16(13(12)2)20-10-14-9-17(26)25-19(22-14)23-18(24-25)21-11-15-6-4-8-27-15/h3-9,20H,10-11H2,1-2H3,(H2,21,22,23,24). The van der Waals surface area contributed by atoms with Gasteiger partial charge in [-0.2, -0.15) is 9.50 Å². The fraction of sp³-hybridized carbons (Fsp3) is 0.211. The van der Waals surface area contributed by atoms with Crippen molar-refractivity contribution in [3.8, 4) is 0 Å². The lowest BCUT2D eigenvalue weighted by Crippen LogP contribution is -2.17. The van der Waals surface area contributed by atoms with E-state index in [-0.39, 0.29) is 5.56 Å². The Balaban J connectivity index is 1.52. The van der Waals surface area contributed by atoms with E-state index >= 15 is 0 Å². The third-order valence-electron chi connectivity index (χ3n) is 4.46. The van der Waals surface area contributed by atoms with Gasteiger partial charge in [-0.1, -0.05) is 18.2 Å². The van der Waals surface area contributed by atoms with E-state index in [0.29, 0.717) is 30.5 Å². The Morgan fingerprint density at radius 2 is 2.00 bits per heavy atom. The molecule has 0 spiro atoms. The van der Waals surface area contributed by atoms with E-state index in [2.05, 4.69) is 45.6 Å². The number of aryl methyl sites for hydroxylation is 1. The Bertz CT molecular complexity index is 1130. The van der Waals surface area contributed by atoms with E-state index in [1.807, 2.05) is 29.6 Å². The van der Waals surface area contributed by atoms with Crippen LogP contribution in [0.4, 0.5) is 11.6 Å². The van der Waals surface area contributed by atoms with Crippen LogP contribution in [0.5, 0.6) is 0 Å². The van der Waals surface area contributed by atoms with Crippen LogP contribution in [0, 0.1) is 13.8 Å². The number of aromatic nitrogens is 4. The summed E-state index contributed by atoms with van der Waals surface area (Å²) < 4.78 is 1.35. The molecule has 7 nitrogen and oxygen atoms in total. The van der Waals surface area contributed by atoms with Gasteiger partial charge in [0.2, 0.25) is 5.95 Å². The molecule has 0 atom stereocenters. The normalized spacial score (nSPS) is 11.0. The first-order valence-electron chi connectivity index (χ1n) is 8.65. The number of nitrogens with one attached hydrogen (secondary N) is 3. The van der Waals surface area contributed by atoms with Gasteiger partial charge in [0, 0.05) is 16.6 Å². The maximum Gasteiger partial charge on any atom is 0.274 e. The minimum Gasteiger partial charge on any atom is -0.379 e. The molecule has 0 saturated carbocycles. The van der Waals surface area contributed by atoms with Crippen LogP contribution in [-0.4, -0.2) is 19.6 Å². The fourth-order valence-corrected chi connectivity index (χ4v) is 3.45. The highest BCUT2D eigenvalue weighted by molar-refractivity contribution is 7.09. The first kappa shape index (κ1) is 17.3. The number of benzene rings is 1. The lowest BCUT2D eigenvalue weighted by molar-refractivity contribution is 0.875. The fourth-order valence-electron chi connectivity index (χ4n) is 2.81. The molecule has 4 aromatic rings. The molecule has 8 heteroatoms. The predicted molar refractivity (Wildman–Crippen MR) is 108 cm³/mol. The summed E-state index contributed by atoms with van der Waals surface area (Å²) >= 11 is 1.66. The van der Waals surface area contributed by atoms with Crippen molar-refractivity contribution in [2.24, 2.45) is 0 Å². The molecular weight excluding hydrogens is 360 g/mol. The van der Waals surface area contributed by atoms with Crippen molar-refractivity contribution in [3.05, 3.63) is 73.8 Å². The third kappa shape index (κ3) is 3.70. The lowest BCUT2D eigenvalue weighted by Gasteiger charge is -2.10. The molecule has 0 amide bonds. The number of hydrogen-bond donors (Lipinski definition) is 3. The molecule has 0 unspecified atom stereocenters. The highest BCUT2D eigenvalue weighted by atomic mass is 32.1. The second-order valence-electron chi connectivity index (χ2n) is 6.33. The van der Waals surface area contributed by atoms with Gasteiger partial charge in [-0.15, -0.1) is 11.3 Å². The topological polar surface area (TPSA) is 87.1 Å². The van der Waals surface area contributed by atoms with Crippen LogP contribution >= 0.6 is 11.3 Å². The summed E-state index contributed by atoms with van der Waals surface area (Å²) in [6.07, 6.45) is 0. The molecule has 3 aromatic heterocycles. The van der Waals surface area contributed by atoms with Crippen molar-refractivity contribution >= 4 is 28.8 Å². The number of H-pyrrole nitrogens is 1. The largest absolute Gasteiger partial charge is 0.379 e. The minimum atomic E-state index is -0.186.